The summed E-state index contributed by atoms with van der Waals surface area (Å²) in [5.41, 5.74) is 1.25. The Morgan fingerprint density at radius 1 is 1.38 bits per heavy atom. The molecule has 0 aliphatic carbocycles. The summed E-state index contributed by atoms with van der Waals surface area (Å²) < 4.78 is 11.6. The molecular formula is C14H18O2. The lowest BCUT2D eigenvalue weighted by Gasteiger charge is -2.30. The van der Waals surface area contributed by atoms with Crippen LogP contribution in [-0.2, 0) is 5.41 Å². The first-order valence-electron chi connectivity index (χ1n) is 5.58. The molecule has 0 bridgehead atoms. The molecule has 1 aromatic rings. The van der Waals surface area contributed by atoms with E-state index in [0.717, 1.165) is 11.5 Å². The van der Waals surface area contributed by atoms with E-state index in [0.29, 0.717) is 6.61 Å². The zero-order valence-corrected chi connectivity index (χ0v) is 10.1. The van der Waals surface area contributed by atoms with Gasteiger partial charge < -0.3 is 9.47 Å². The highest BCUT2D eigenvalue weighted by molar-refractivity contribution is 5.50. The van der Waals surface area contributed by atoms with E-state index >= 15 is 0 Å². The summed E-state index contributed by atoms with van der Waals surface area (Å²) in [6.45, 7) is 10.8. The maximum Gasteiger partial charge on any atom is 0.165 e. The lowest BCUT2D eigenvalue weighted by atomic mass is 9.86. The first-order valence-corrected chi connectivity index (χ1v) is 5.58. The molecule has 1 atom stereocenters. The summed E-state index contributed by atoms with van der Waals surface area (Å²) in [4.78, 5) is 0. The highest BCUT2D eigenvalue weighted by Crippen LogP contribution is 2.40. The fourth-order valence-corrected chi connectivity index (χ4v) is 1.83. The van der Waals surface area contributed by atoms with Crippen LogP contribution in [0, 0.1) is 0 Å². The number of ether oxygens (including phenoxy) is 2. The van der Waals surface area contributed by atoms with Gasteiger partial charge in [0.15, 0.2) is 17.6 Å². The van der Waals surface area contributed by atoms with Gasteiger partial charge in [0.05, 0.1) is 0 Å². The molecular weight excluding hydrogens is 200 g/mol. The molecule has 1 unspecified atom stereocenters. The number of rotatable bonds is 1. The van der Waals surface area contributed by atoms with E-state index in [2.05, 4.69) is 33.4 Å². The molecule has 0 spiro atoms. The largest absolute Gasteiger partial charge is 0.485 e. The highest BCUT2D eigenvalue weighted by Gasteiger charge is 2.26. The van der Waals surface area contributed by atoms with Gasteiger partial charge in [-0.25, -0.2) is 0 Å². The Bertz CT molecular complexity index is 402. The van der Waals surface area contributed by atoms with Crippen molar-refractivity contribution in [3.05, 3.63) is 36.4 Å². The summed E-state index contributed by atoms with van der Waals surface area (Å²) >= 11 is 0. The minimum Gasteiger partial charge on any atom is -0.485 e. The van der Waals surface area contributed by atoms with Gasteiger partial charge in [0.1, 0.15) is 6.61 Å². The van der Waals surface area contributed by atoms with Crippen LogP contribution in [0.15, 0.2) is 30.9 Å². The van der Waals surface area contributed by atoms with E-state index in [4.69, 9.17) is 9.47 Å². The molecule has 0 radical (unpaired) electrons. The van der Waals surface area contributed by atoms with Gasteiger partial charge in [-0.2, -0.15) is 0 Å². The summed E-state index contributed by atoms with van der Waals surface area (Å²) in [6, 6.07) is 6.05. The third-order valence-electron chi connectivity index (χ3n) is 2.72. The molecule has 0 aromatic heterocycles. The minimum absolute atomic E-state index is 0.0391. The minimum atomic E-state index is -0.0391. The van der Waals surface area contributed by atoms with Gasteiger partial charge in [0.2, 0.25) is 0 Å². The van der Waals surface area contributed by atoms with Crippen LogP contribution in [-0.4, -0.2) is 12.7 Å². The SMILES string of the molecule is C=CC1COc2c(cccc2C(C)(C)C)O1. The van der Waals surface area contributed by atoms with Crippen LogP contribution in [0.5, 0.6) is 11.5 Å². The molecule has 0 N–H and O–H groups in total. The maximum atomic E-state index is 5.79. The lowest BCUT2D eigenvalue weighted by Crippen LogP contribution is -2.28. The van der Waals surface area contributed by atoms with Crippen molar-refractivity contribution in [2.75, 3.05) is 6.61 Å². The highest BCUT2D eigenvalue weighted by atomic mass is 16.6. The van der Waals surface area contributed by atoms with Crippen LogP contribution in [0.25, 0.3) is 0 Å². The quantitative estimate of drug-likeness (QED) is 0.673. The zero-order chi connectivity index (χ0) is 11.8. The summed E-state index contributed by atoms with van der Waals surface area (Å²) in [5, 5.41) is 0. The lowest BCUT2D eigenvalue weighted by molar-refractivity contribution is 0.120. The normalized spacial score (nSPS) is 19.3. The van der Waals surface area contributed by atoms with E-state index in [1.54, 1.807) is 6.08 Å². The summed E-state index contributed by atoms with van der Waals surface area (Å²) in [5.74, 6) is 1.71. The Kier molecular flexibility index (Phi) is 2.66. The van der Waals surface area contributed by atoms with E-state index < -0.39 is 0 Å². The maximum absolute atomic E-state index is 5.79. The first kappa shape index (κ1) is 11.1. The van der Waals surface area contributed by atoms with Gasteiger partial charge in [0.25, 0.3) is 0 Å². The van der Waals surface area contributed by atoms with E-state index in [1.807, 2.05) is 12.1 Å². The Labute approximate surface area is 96.9 Å². The van der Waals surface area contributed by atoms with Crippen molar-refractivity contribution in [3.63, 3.8) is 0 Å². The smallest absolute Gasteiger partial charge is 0.165 e. The van der Waals surface area contributed by atoms with Crippen LogP contribution in [0.3, 0.4) is 0 Å². The van der Waals surface area contributed by atoms with Crippen molar-refractivity contribution < 1.29 is 9.47 Å². The third kappa shape index (κ3) is 1.92. The number of benzene rings is 1. The van der Waals surface area contributed by atoms with E-state index in [9.17, 15) is 0 Å². The van der Waals surface area contributed by atoms with Gasteiger partial charge in [-0.05, 0) is 17.6 Å². The van der Waals surface area contributed by atoms with Crippen LogP contribution in [0.4, 0.5) is 0 Å². The van der Waals surface area contributed by atoms with Gasteiger partial charge in [-0.15, -0.1) is 0 Å². The van der Waals surface area contributed by atoms with Crippen molar-refractivity contribution in [1.82, 2.24) is 0 Å². The molecule has 0 amide bonds. The van der Waals surface area contributed by atoms with E-state index in [1.165, 1.54) is 5.56 Å². The van der Waals surface area contributed by atoms with Crippen LogP contribution < -0.4 is 9.47 Å². The predicted octanol–water partition coefficient (Wildman–Crippen LogP) is 3.31. The number of hydrogen-bond donors (Lipinski definition) is 0. The Morgan fingerprint density at radius 2 is 2.12 bits per heavy atom. The molecule has 2 nitrogen and oxygen atoms in total. The molecule has 0 saturated carbocycles. The van der Waals surface area contributed by atoms with E-state index in [-0.39, 0.29) is 11.5 Å². The Balaban J connectivity index is 2.43. The van der Waals surface area contributed by atoms with Crippen molar-refractivity contribution in [3.8, 4) is 11.5 Å². The number of hydrogen-bond acceptors (Lipinski definition) is 2. The fraction of sp³-hybridized carbons (Fsp3) is 0.429. The van der Waals surface area contributed by atoms with Gasteiger partial charge >= 0.3 is 0 Å². The molecule has 1 heterocycles. The van der Waals surface area contributed by atoms with Crippen LogP contribution in [0.2, 0.25) is 0 Å². The van der Waals surface area contributed by atoms with Gasteiger partial charge in [-0.1, -0.05) is 39.5 Å². The third-order valence-corrected chi connectivity index (χ3v) is 2.72. The second kappa shape index (κ2) is 3.85. The standard InChI is InChI=1S/C14H18O2/c1-5-10-9-15-13-11(14(2,3)4)7-6-8-12(13)16-10/h5-8,10H,1,9H2,2-4H3. The van der Waals surface area contributed by atoms with Crippen molar-refractivity contribution >= 4 is 0 Å². The first-order chi connectivity index (χ1) is 7.52. The second-order valence-electron chi connectivity index (χ2n) is 5.09. The molecule has 86 valence electrons. The van der Waals surface area contributed by atoms with Crippen molar-refractivity contribution in [2.24, 2.45) is 0 Å². The monoisotopic (exact) mass is 218 g/mol. The molecule has 16 heavy (non-hydrogen) atoms. The van der Waals surface area contributed by atoms with Crippen LogP contribution >= 0.6 is 0 Å². The average molecular weight is 218 g/mol. The molecule has 0 fully saturated rings. The molecule has 2 rings (SSSR count). The fourth-order valence-electron chi connectivity index (χ4n) is 1.83. The molecule has 1 aromatic carbocycles. The molecule has 1 aliphatic heterocycles. The zero-order valence-electron chi connectivity index (χ0n) is 10.1. The van der Waals surface area contributed by atoms with Gasteiger partial charge in [0, 0.05) is 5.56 Å². The predicted molar refractivity (Wildman–Crippen MR) is 65.3 cm³/mol. The Hall–Kier alpha value is -1.44. The number of para-hydroxylation sites is 1. The molecule has 2 heteroatoms. The van der Waals surface area contributed by atoms with Crippen LogP contribution in [0.1, 0.15) is 26.3 Å². The number of fused-ring (bicyclic) bond motifs is 1. The Morgan fingerprint density at radius 3 is 2.75 bits per heavy atom. The van der Waals surface area contributed by atoms with Crippen molar-refractivity contribution in [2.45, 2.75) is 32.3 Å². The molecule has 1 aliphatic rings. The second-order valence-corrected chi connectivity index (χ2v) is 5.09. The average Bonchev–Trinajstić information content (AvgIpc) is 2.26. The topological polar surface area (TPSA) is 18.5 Å². The van der Waals surface area contributed by atoms with Gasteiger partial charge in [-0.3, -0.25) is 0 Å². The molecule has 0 saturated heterocycles. The van der Waals surface area contributed by atoms with Crippen molar-refractivity contribution in [1.29, 1.82) is 0 Å². The summed E-state index contributed by atoms with van der Waals surface area (Å²) in [7, 11) is 0. The summed E-state index contributed by atoms with van der Waals surface area (Å²) in [6.07, 6.45) is 1.73.